The molecule has 0 fully saturated rings. The minimum Gasteiger partial charge on any atom is -0.308 e. The van der Waals surface area contributed by atoms with E-state index in [-0.39, 0.29) is 0 Å². The van der Waals surface area contributed by atoms with Crippen LogP contribution in [-0.4, -0.2) is 6.21 Å². The Kier molecular flexibility index (Phi) is 4.74. The van der Waals surface area contributed by atoms with Gasteiger partial charge in [-0.05, 0) is 105 Å². The van der Waals surface area contributed by atoms with Crippen LogP contribution in [0, 0.1) is 26.2 Å². The minimum absolute atomic E-state index is 0.928. The summed E-state index contributed by atoms with van der Waals surface area (Å²) >= 11 is 0. The van der Waals surface area contributed by atoms with Gasteiger partial charge in [0.1, 0.15) is 0 Å². The molecule has 0 saturated carbocycles. The molecule has 0 aliphatic heterocycles. The molecule has 1 aliphatic carbocycles. The molecule has 0 radical (unpaired) electrons. The van der Waals surface area contributed by atoms with Crippen molar-refractivity contribution in [3.8, 4) is 33.4 Å². The molecule has 34 heavy (non-hydrogen) atoms. The molecule has 0 bridgehead atoms. The van der Waals surface area contributed by atoms with Gasteiger partial charge < -0.3 is 5.41 Å². The van der Waals surface area contributed by atoms with Crippen LogP contribution >= 0.6 is 0 Å². The highest BCUT2D eigenvalue weighted by molar-refractivity contribution is 6.11. The SMILES string of the molecule is Cc1ccc(-c2cc3ccccc3c(C=N)c2-c2cccc3c2Cc2ccccc2-3)c(C)c1C. The normalized spacial score (nSPS) is 12.0. The van der Waals surface area contributed by atoms with Crippen LogP contribution in [-0.2, 0) is 6.42 Å². The number of fused-ring (bicyclic) bond motifs is 4. The molecule has 0 saturated heterocycles. The van der Waals surface area contributed by atoms with Gasteiger partial charge in [0.05, 0.1) is 0 Å². The summed E-state index contributed by atoms with van der Waals surface area (Å²) in [7, 11) is 0. The predicted octanol–water partition coefficient (Wildman–Crippen LogP) is 8.67. The Labute approximate surface area is 201 Å². The van der Waals surface area contributed by atoms with Crippen molar-refractivity contribution in [3.05, 3.63) is 118 Å². The molecule has 164 valence electrons. The first-order valence-electron chi connectivity index (χ1n) is 11.9. The van der Waals surface area contributed by atoms with Crippen molar-refractivity contribution in [1.82, 2.24) is 0 Å². The van der Waals surface area contributed by atoms with Crippen LogP contribution in [0.1, 0.15) is 33.4 Å². The number of rotatable bonds is 3. The van der Waals surface area contributed by atoms with Crippen LogP contribution in [0.3, 0.4) is 0 Å². The van der Waals surface area contributed by atoms with E-state index in [9.17, 15) is 0 Å². The quantitative estimate of drug-likeness (QED) is 0.268. The van der Waals surface area contributed by atoms with Gasteiger partial charge in [0, 0.05) is 11.8 Å². The van der Waals surface area contributed by atoms with Gasteiger partial charge in [-0.15, -0.1) is 0 Å². The molecule has 6 rings (SSSR count). The van der Waals surface area contributed by atoms with Crippen molar-refractivity contribution >= 4 is 17.0 Å². The molecule has 0 atom stereocenters. The van der Waals surface area contributed by atoms with Crippen molar-refractivity contribution in [2.45, 2.75) is 27.2 Å². The number of nitrogens with one attached hydrogen (secondary N) is 1. The average molecular weight is 438 g/mol. The fourth-order valence-electron chi connectivity index (χ4n) is 5.67. The maximum Gasteiger partial charge on any atom is 0.0263 e. The van der Waals surface area contributed by atoms with Crippen molar-refractivity contribution in [2.75, 3.05) is 0 Å². The van der Waals surface area contributed by atoms with E-state index in [1.54, 1.807) is 6.21 Å². The van der Waals surface area contributed by atoms with E-state index >= 15 is 0 Å². The molecule has 1 nitrogen and oxygen atoms in total. The van der Waals surface area contributed by atoms with Crippen LogP contribution in [0.5, 0.6) is 0 Å². The molecule has 5 aromatic rings. The van der Waals surface area contributed by atoms with Gasteiger partial charge in [0.15, 0.2) is 0 Å². The van der Waals surface area contributed by atoms with Crippen molar-refractivity contribution in [1.29, 1.82) is 5.41 Å². The summed E-state index contributed by atoms with van der Waals surface area (Å²) in [5.74, 6) is 0. The maximum absolute atomic E-state index is 8.51. The lowest BCUT2D eigenvalue weighted by molar-refractivity contribution is 1.26. The molecule has 0 heterocycles. The third-order valence-electron chi connectivity index (χ3n) is 7.70. The summed E-state index contributed by atoms with van der Waals surface area (Å²) in [5, 5.41) is 10.8. The highest BCUT2D eigenvalue weighted by Crippen LogP contribution is 2.47. The zero-order chi connectivity index (χ0) is 23.4. The Hall–Kier alpha value is -3.97. The molecule has 1 heteroatoms. The fraction of sp³-hybridized carbons (Fsp3) is 0.121. The zero-order valence-electron chi connectivity index (χ0n) is 19.9. The maximum atomic E-state index is 8.51. The van der Waals surface area contributed by atoms with E-state index in [4.69, 9.17) is 5.41 Å². The topological polar surface area (TPSA) is 23.9 Å². The molecule has 0 amide bonds. The largest absolute Gasteiger partial charge is 0.308 e. The van der Waals surface area contributed by atoms with Gasteiger partial charge in [0.2, 0.25) is 0 Å². The second kappa shape index (κ2) is 7.81. The Morgan fingerprint density at radius 2 is 1.38 bits per heavy atom. The summed E-state index contributed by atoms with van der Waals surface area (Å²) < 4.78 is 0. The molecular weight excluding hydrogens is 410 g/mol. The molecule has 0 aromatic heterocycles. The second-order valence-electron chi connectivity index (χ2n) is 9.42. The minimum atomic E-state index is 0.928. The molecule has 1 aliphatic rings. The Bertz CT molecular complexity index is 1620. The fourth-order valence-corrected chi connectivity index (χ4v) is 5.67. The van der Waals surface area contributed by atoms with Gasteiger partial charge in [-0.2, -0.15) is 0 Å². The lowest BCUT2D eigenvalue weighted by Gasteiger charge is -2.21. The van der Waals surface area contributed by atoms with Crippen LogP contribution in [0.2, 0.25) is 0 Å². The third-order valence-corrected chi connectivity index (χ3v) is 7.70. The van der Waals surface area contributed by atoms with Crippen LogP contribution < -0.4 is 0 Å². The predicted molar refractivity (Wildman–Crippen MR) is 145 cm³/mol. The van der Waals surface area contributed by atoms with E-state index in [0.29, 0.717) is 0 Å². The van der Waals surface area contributed by atoms with E-state index < -0.39 is 0 Å². The van der Waals surface area contributed by atoms with Gasteiger partial charge in [-0.1, -0.05) is 78.9 Å². The molecule has 0 unspecified atom stereocenters. The van der Waals surface area contributed by atoms with E-state index in [1.807, 2.05) is 0 Å². The molecule has 0 spiro atoms. The lowest BCUT2D eigenvalue weighted by atomic mass is 9.82. The number of benzene rings is 5. The zero-order valence-corrected chi connectivity index (χ0v) is 19.9. The smallest absolute Gasteiger partial charge is 0.0263 e. The van der Waals surface area contributed by atoms with Crippen molar-refractivity contribution in [3.63, 3.8) is 0 Å². The second-order valence-corrected chi connectivity index (χ2v) is 9.42. The van der Waals surface area contributed by atoms with Crippen LogP contribution in [0.4, 0.5) is 0 Å². The first kappa shape index (κ1) is 20.6. The van der Waals surface area contributed by atoms with Gasteiger partial charge in [-0.25, -0.2) is 0 Å². The number of hydrogen-bond donors (Lipinski definition) is 1. The Balaban J connectivity index is 1.74. The summed E-state index contributed by atoms with van der Waals surface area (Å²) in [5.41, 5.74) is 15.2. The van der Waals surface area contributed by atoms with E-state index in [0.717, 1.165) is 17.4 Å². The average Bonchev–Trinajstić information content (AvgIpc) is 3.25. The van der Waals surface area contributed by atoms with Gasteiger partial charge in [0.25, 0.3) is 0 Å². The summed E-state index contributed by atoms with van der Waals surface area (Å²) in [6, 6.07) is 30.7. The van der Waals surface area contributed by atoms with Crippen LogP contribution in [0.25, 0.3) is 44.2 Å². The molecule has 5 aromatic carbocycles. The molecular formula is C33H27N. The highest BCUT2D eigenvalue weighted by Gasteiger charge is 2.25. The number of aryl methyl sites for hydroxylation is 1. The van der Waals surface area contributed by atoms with Crippen LogP contribution in [0.15, 0.2) is 84.9 Å². The van der Waals surface area contributed by atoms with E-state index in [1.165, 1.54) is 66.6 Å². The third kappa shape index (κ3) is 2.97. The first-order chi connectivity index (χ1) is 16.6. The van der Waals surface area contributed by atoms with Gasteiger partial charge >= 0.3 is 0 Å². The first-order valence-corrected chi connectivity index (χ1v) is 11.9. The van der Waals surface area contributed by atoms with E-state index in [2.05, 4.69) is 106 Å². The Morgan fingerprint density at radius 3 is 2.24 bits per heavy atom. The monoisotopic (exact) mass is 437 g/mol. The Morgan fingerprint density at radius 1 is 0.647 bits per heavy atom. The summed E-state index contributed by atoms with van der Waals surface area (Å²) in [6.45, 7) is 6.62. The summed E-state index contributed by atoms with van der Waals surface area (Å²) in [6.07, 6.45) is 2.48. The summed E-state index contributed by atoms with van der Waals surface area (Å²) in [4.78, 5) is 0. The molecule has 1 N–H and O–H groups in total. The number of hydrogen-bond acceptors (Lipinski definition) is 1. The highest BCUT2D eigenvalue weighted by atomic mass is 14.4. The van der Waals surface area contributed by atoms with Crippen molar-refractivity contribution < 1.29 is 0 Å². The standard InChI is InChI=1S/C33H27N/c1-20-15-16-25(22(3)21(20)2)31-18-24-10-5-7-12-27(24)32(19-34)33(31)29-14-8-13-28-26-11-6-4-9-23(26)17-30(28)29/h4-16,18-19,34H,17H2,1-3H3. The van der Waals surface area contributed by atoms with Gasteiger partial charge in [-0.3, -0.25) is 0 Å². The lowest BCUT2D eigenvalue weighted by Crippen LogP contribution is -2.00. The van der Waals surface area contributed by atoms with Crippen molar-refractivity contribution in [2.24, 2.45) is 0 Å².